The Balaban J connectivity index is 1.75. The molecular formula is C43H63N13O13S. The molecule has 1 aliphatic heterocycles. The standard InChI is InChI=1S/C43H63N13O13S/c1-3-22(2)37(55-35(61)19-49-38(63)26(10-12-31(45)57)52-41(66)30-9-6-14-56(30)36(62)20-48-33(59)16-44)42(67)53-28(15-23-17-47-25-8-5-4-7-24(23)25)39(64)50-18-34(60)51-27(11-13-32(46)58)40(65)54-29(21-70)43(68)69/h4-5,7-8,17,22,26-30,37,47,70H,3,6,9-16,18-21,44H2,1-2H3,(H2,45,57)(H2,46,58)(H,48,59)(H,49,63)(H,50,64)(H,51,60)(H,52,66)(H,53,67)(H,54,65)(H,55,61)(H,68,69)/t22-,26-,27-,28-,29-,30-,37-/m0/s1. The predicted molar refractivity (Wildman–Crippen MR) is 252 cm³/mol. The Morgan fingerprint density at radius 2 is 1.33 bits per heavy atom. The zero-order valence-corrected chi connectivity index (χ0v) is 39.7. The topological polar surface area (TPSA) is 418 Å². The van der Waals surface area contributed by atoms with Crippen molar-refractivity contribution in [2.45, 2.75) is 101 Å². The fraction of sp³-hybridized carbons (Fsp3) is 0.535. The number of carbonyl (C=O) groups is 12. The van der Waals surface area contributed by atoms with Crippen molar-refractivity contribution in [3.8, 4) is 0 Å². The third-order valence-corrected chi connectivity index (χ3v) is 11.7. The summed E-state index contributed by atoms with van der Waals surface area (Å²) in [4.78, 5) is 158. The molecule has 0 spiro atoms. The lowest BCUT2D eigenvalue weighted by molar-refractivity contribution is -0.141. The molecule has 2 aromatic rings. The van der Waals surface area contributed by atoms with Gasteiger partial charge in [-0.05, 0) is 43.2 Å². The van der Waals surface area contributed by atoms with Crippen molar-refractivity contribution in [3.05, 3.63) is 36.0 Å². The van der Waals surface area contributed by atoms with Crippen LogP contribution in [0.3, 0.4) is 0 Å². The van der Waals surface area contributed by atoms with E-state index in [0.29, 0.717) is 23.8 Å². The number of aromatic nitrogens is 1. The Bertz CT molecular complexity index is 2260. The second-order valence-corrected chi connectivity index (χ2v) is 16.9. The molecule has 70 heavy (non-hydrogen) atoms. The highest BCUT2D eigenvalue weighted by Gasteiger charge is 2.37. The minimum atomic E-state index is -1.44. The van der Waals surface area contributed by atoms with E-state index in [0.717, 1.165) is 5.52 Å². The monoisotopic (exact) mass is 1000 g/mol. The molecule has 26 nitrogen and oxygen atoms in total. The summed E-state index contributed by atoms with van der Waals surface area (Å²) in [6, 6.07) is -0.807. The molecule has 7 atom stereocenters. The number of carboxylic acids is 1. The maximum absolute atomic E-state index is 14.1. The molecule has 0 unspecified atom stereocenters. The van der Waals surface area contributed by atoms with Crippen LogP contribution in [0, 0.1) is 5.92 Å². The molecule has 384 valence electrons. The first kappa shape index (κ1) is 57.0. The van der Waals surface area contributed by atoms with Crippen molar-refractivity contribution in [3.63, 3.8) is 0 Å². The first-order valence-corrected chi connectivity index (χ1v) is 23.1. The van der Waals surface area contributed by atoms with Gasteiger partial charge in [-0.15, -0.1) is 0 Å². The normalized spacial score (nSPS) is 15.7. The van der Waals surface area contributed by atoms with Crippen LogP contribution >= 0.6 is 12.6 Å². The Morgan fingerprint density at radius 1 is 0.743 bits per heavy atom. The van der Waals surface area contributed by atoms with Crippen LogP contribution in [0.4, 0.5) is 0 Å². The van der Waals surface area contributed by atoms with Crippen LogP contribution in [0.5, 0.6) is 0 Å². The lowest BCUT2D eigenvalue weighted by Crippen LogP contribution is -2.58. The second-order valence-electron chi connectivity index (χ2n) is 16.5. The summed E-state index contributed by atoms with van der Waals surface area (Å²) in [5.41, 5.74) is 17.1. The van der Waals surface area contributed by atoms with E-state index in [1.807, 2.05) is 0 Å². The van der Waals surface area contributed by atoms with Crippen molar-refractivity contribution < 1.29 is 62.6 Å². The number of hydrogen-bond acceptors (Lipinski definition) is 14. The summed E-state index contributed by atoms with van der Waals surface area (Å²) in [7, 11) is 0. The van der Waals surface area contributed by atoms with E-state index < -0.39 is 133 Å². The third-order valence-electron chi connectivity index (χ3n) is 11.3. The van der Waals surface area contributed by atoms with Gasteiger partial charge in [0.05, 0.1) is 26.2 Å². The molecule has 11 amide bonds. The zero-order valence-electron chi connectivity index (χ0n) is 38.8. The number of nitrogens with one attached hydrogen (secondary N) is 9. The van der Waals surface area contributed by atoms with Crippen molar-refractivity contribution in [1.29, 1.82) is 0 Å². The largest absolute Gasteiger partial charge is 0.480 e. The smallest absolute Gasteiger partial charge is 0.327 e. The van der Waals surface area contributed by atoms with Crippen molar-refractivity contribution >= 4 is 94.5 Å². The van der Waals surface area contributed by atoms with Gasteiger partial charge in [-0.3, -0.25) is 52.7 Å². The van der Waals surface area contributed by atoms with Gasteiger partial charge in [0.2, 0.25) is 65.0 Å². The van der Waals surface area contributed by atoms with Gasteiger partial charge in [-0.25, -0.2) is 4.79 Å². The lowest BCUT2D eigenvalue weighted by Gasteiger charge is -2.27. The molecule has 0 aliphatic carbocycles. The summed E-state index contributed by atoms with van der Waals surface area (Å²) in [5, 5.41) is 29.5. The number of amides is 11. The van der Waals surface area contributed by atoms with Crippen LogP contribution in [-0.2, 0) is 64.0 Å². The van der Waals surface area contributed by atoms with Gasteiger partial charge in [-0.2, -0.15) is 12.6 Å². The fourth-order valence-corrected chi connectivity index (χ4v) is 7.51. The number of aliphatic carboxylic acids is 1. The highest BCUT2D eigenvalue weighted by molar-refractivity contribution is 7.80. The lowest BCUT2D eigenvalue weighted by atomic mass is 9.97. The number of thiol groups is 1. The van der Waals surface area contributed by atoms with E-state index in [1.165, 1.54) is 4.90 Å². The molecule has 16 N–H and O–H groups in total. The van der Waals surface area contributed by atoms with E-state index in [2.05, 4.69) is 60.1 Å². The number of hydrogen-bond donors (Lipinski definition) is 14. The van der Waals surface area contributed by atoms with Gasteiger partial charge in [0.1, 0.15) is 36.3 Å². The maximum atomic E-state index is 14.1. The van der Waals surface area contributed by atoms with E-state index in [9.17, 15) is 62.6 Å². The zero-order chi connectivity index (χ0) is 52.1. The number of fused-ring (bicyclic) bond motifs is 1. The number of aromatic amines is 1. The first-order valence-electron chi connectivity index (χ1n) is 22.5. The summed E-state index contributed by atoms with van der Waals surface area (Å²) in [6.45, 7) is 1.38. The van der Waals surface area contributed by atoms with Crippen LogP contribution in [0.1, 0.15) is 64.4 Å². The number of carbonyl (C=O) groups excluding carboxylic acids is 11. The van der Waals surface area contributed by atoms with Crippen molar-refractivity contribution in [2.24, 2.45) is 23.1 Å². The molecule has 1 fully saturated rings. The first-order chi connectivity index (χ1) is 33.2. The third kappa shape index (κ3) is 18.0. The quantitative estimate of drug-likeness (QED) is 0.0340. The number of likely N-dealkylation sites (tertiary alicyclic amines) is 1. The highest BCUT2D eigenvalue weighted by Crippen LogP contribution is 2.20. The summed E-state index contributed by atoms with van der Waals surface area (Å²) >= 11 is 3.91. The summed E-state index contributed by atoms with van der Waals surface area (Å²) in [6.07, 6.45) is 1.27. The minimum absolute atomic E-state index is 0.125. The number of nitrogens with two attached hydrogens (primary N) is 3. The minimum Gasteiger partial charge on any atom is -0.480 e. The van der Waals surface area contributed by atoms with Gasteiger partial charge < -0.3 is 74.7 Å². The van der Waals surface area contributed by atoms with Gasteiger partial charge >= 0.3 is 5.97 Å². The number of primary amides is 2. The van der Waals surface area contributed by atoms with Crippen LogP contribution in [0.2, 0.25) is 0 Å². The number of carboxylic acid groups (broad SMARTS) is 1. The summed E-state index contributed by atoms with van der Waals surface area (Å²) in [5.74, 6) is -11.0. The van der Waals surface area contributed by atoms with E-state index in [4.69, 9.17) is 17.2 Å². The number of H-pyrrole nitrogens is 1. The van der Waals surface area contributed by atoms with E-state index >= 15 is 0 Å². The Hall–Kier alpha value is -7.29. The molecule has 3 rings (SSSR count). The Morgan fingerprint density at radius 3 is 1.91 bits per heavy atom. The average Bonchev–Trinajstić information content (AvgIpc) is 4.00. The molecule has 1 saturated heterocycles. The van der Waals surface area contributed by atoms with E-state index in [-0.39, 0.29) is 57.4 Å². The fourth-order valence-electron chi connectivity index (χ4n) is 7.27. The number of para-hydroxylation sites is 1. The molecule has 0 saturated carbocycles. The predicted octanol–water partition coefficient (Wildman–Crippen LogP) is -4.98. The van der Waals surface area contributed by atoms with Crippen molar-refractivity contribution in [2.75, 3.05) is 38.5 Å². The van der Waals surface area contributed by atoms with Gasteiger partial charge in [0, 0.05) is 48.7 Å². The maximum Gasteiger partial charge on any atom is 0.327 e. The highest BCUT2D eigenvalue weighted by atomic mass is 32.1. The van der Waals surface area contributed by atoms with Crippen LogP contribution in [-0.4, -0.2) is 161 Å². The molecule has 27 heteroatoms. The van der Waals surface area contributed by atoms with Gasteiger partial charge in [0.15, 0.2) is 0 Å². The molecule has 1 aromatic carbocycles. The average molecular weight is 1000 g/mol. The number of rotatable bonds is 29. The van der Waals surface area contributed by atoms with Crippen LogP contribution in [0.25, 0.3) is 10.9 Å². The second kappa shape index (κ2) is 28.3. The molecule has 1 aliphatic rings. The molecule has 1 aromatic heterocycles. The van der Waals surface area contributed by atoms with Gasteiger partial charge in [-0.1, -0.05) is 38.5 Å². The molecule has 2 heterocycles. The number of benzene rings is 1. The summed E-state index contributed by atoms with van der Waals surface area (Å²) < 4.78 is 0. The van der Waals surface area contributed by atoms with Gasteiger partial charge in [0.25, 0.3) is 0 Å². The van der Waals surface area contributed by atoms with Crippen molar-refractivity contribution in [1.82, 2.24) is 52.4 Å². The molecular weight excluding hydrogens is 939 g/mol. The van der Waals surface area contributed by atoms with Crippen LogP contribution < -0.4 is 59.7 Å². The Labute approximate surface area is 407 Å². The number of nitrogens with zero attached hydrogens (tertiary/aromatic N) is 1. The van der Waals surface area contributed by atoms with E-state index in [1.54, 1.807) is 44.3 Å². The molecule has 0 bridgehead atoms. The molecule has 0 radical (unpaired) electrons. The Kier molecular flexibility index (Phi) is 23.0. The van der Waals surface area contributed by atoms with Crippen LogP contribution in [0.15, 0.2) is 30.5 Å². The SMILES string of the molecule is CC[C@H](C)[C@H](NC(=O)CNC(=O)[C@H](CCC(N)=O)NC(=O)[C@@H]1CCCN1C(=O)CNC(=O)CN)C(=O)N[C@@H](Cc1c[nH]c2ccccc12)C(=O)NCC(=O)N[C@@H](CCC(N)=O)C(=O)N[C@@H](CS)C(=O)O.